The highest BCUT2D eigenvalue weighted by Gasteiger charge is 2.16. The molecule has 5 heteroatoms. The molecule has 0 spiro atoms. The van der Waals surface area contributed by atoms with Gasteiger partial charge in [-0.05, 0) is 43.6 Å². The van der Waals surface area contributed by atoms with Crippen LogP contribution in [0.1, 0.15) is 30.0 Å². The van der Waals surface area contributed by atoms with Crippen LogP contribution in [-0.2, 0) is 11.2 Å². The van der Waals surface area contributed by atoms with Gasteiger partial charge in [-0.1, -0.05) is 60.1 Å². The van der Waals surface area contributed by atoms with E-state index in [-0.39, 0.29) is 24.4 Å². The van der Waals surface area contributed by atoms with E-state index in [1.165, 1.54) is 0 Å². The number of nitrogens with one attached hydrogen (secondary N) is 2. The zero-order valence-corrected chi connectivity index (χ0v) is 15.4. The number of hydrogen-bond donors (Lipinski definition) is 2. The first kappa shape index (κ1) is 20.5. The summed E-state index contributed by atoms with van der Waals surface area (Å²) in [6, 6.07) is 17.7. The van der Waals surface area contributed by atoms with Crippen molar-refractivity contribution in [2.45, 2.75) is 25.3 Å². The molecule has 0 saturated heterocycles. The largest absolute Gasteiger partial charge is 0.349 e. The monoisotopic (exact) mass is 366 g/mol. The first-order valence-electron chi connectivity index (χ1n) is 7.93. The van der Waals surface area contributed by atoms with Gasteiger partial charge >= 0.3 is 0 Å². The summed E-state index contributed by atoms with van der Waals surface area (Å²) in [7, 11) is 1.89. The molecule has 0 aliphatic rings. The van der Waals surface area contributed by atoms with Crippen LogP contribution in [0.4, 0.5) is 0 Å². The molecule has 2 rings (SSSR count). The Balaban J connectivity index is 0.00000288. The molecule has 0 aliphatic heterocycles. The highest BCUT2D eigenvalue weighted by Crippen LogP contribution is 2.23. The Labute approximate surface area is 155 Å². The molecule has 0 heterocycles. The molecule has 130 valence electrons. The fourth-order valence-corrected chi connectivity index (χ4v) is 2.73. The molecule has 0 bridgehead atoms. The summed E-state index contributed by atoms with van der Waals surface area (Å²) in [5.74, 6) is 0.0705. The number of carbonyl (C=O) groups excluding carboxylic acids is 1. The van der Waals surface area contributed by atoms with Crippen molar-refractivity contribution in [3.05, 3.63) is 70.7 Å². The van der Waals surface area contributed by atoms with Gasteiger partial charge in [0.15, 0.2) is 0 Å². The van der Waals surface area contributed by atoms with Gasteiger partial charge in [0.25, 0.3) is 0 Å². The van der Waals surface area contributed by atoms with Crippen LogP contribution in [0.3, 0.4) is 0 Å². The van der Waals surface area contributed by atoms with E-state index in [9.17, 15) is 4.79 Å². The van der Waals surface area contributed by atoms with E-state index < -0.39 is 0 Å². The van der Waals surface area contributed by atoms with Gasteiger partial charge in [0, 0.05) is 11.4 Å². The topological polar surface area (TPSA) is 41.1 Å². The predicted molar refractivity (Wildman–Crippen MR) is 103 cm³/mol. The molecule has 2 N–H and O–H groups in total. The summed E-state index contributed by atoms with van der Waals surface area (Å²) in [6.07, 6.45) is 2.03. The molecule has 3 nitrogen and oxygen atoms in total. The minimum atomic E-state index is -0.0711. The second-order valence-electron chi connectivity index (χ2n) is 5.53. The van der Waals surface area contributed by atoms with Crippen molar-refractivity contribution in [2.24, 2.45) is 0 Å². The summed E-state index contributed by atoms with van der Waals surface area (Å²) in [4.78, 5) is 12.2. The number of carbonyl (C=O) groups is 1. The number of benzene rings is 2. The molecule has 0 aromatic heterocycles. The van der Waals surface area contributed by atoms with E-state index in [2.05, 4.69) is 10.6 Å². The molecule has 0 fully saturated rings. The lowest BCUT2D eigenvalue weighted by Crippen LogP contribution is -2.30. The van der Waals surface area contributed by atoms with E-state index in [1.54, 1.807) is 0 Å². The zero-order chi connectivity index (χ0) is 16.5. The Kier molecular flexibility index (Phi) is 9.46. The molecule has 0 radical (unpaired) electrons. The van der Waals surface area contributed by atoms with E-state index in [0.29, 0.717) is 12.8 Å². The Hall–Kier alpha value is -1.55. The first-order chi connectivity index (χ1) is 11.2. The predicted octanol–water partition coefficient (Wildman–Crippen LogP) is 4.16. The molecule has 2 aromatic carbocycles. The SMILES string of the molecule is CNCCCC(=O)NC(Cc1ccccc1Cl)c1ccccc1.Cl. The Morgan fingerprint density at radius 1 is 1.08 bits per heavy atom. The highest BCUT2D eigenvalue weighted by atomic mass is 35.5. The van der Waals surface area contributed by atoms with Crippen molar-refractivity contribution >= 4 is 29.9 Å². The molecule has 0 saturated carbocycles. The fourth-order valence-electron chi connectivity index (χ4n) is 2.51. The molecule has 0 aliphatic carbocycles. The summed E-state index contributed by atoms with van der Waals surface area (Å²) in [5, 5.41) is 6.93. The van der Waals surface area contributed by atoms with Crippen molar-refractivity contribution in [1.82, 2.24) is 10.6 Å². The second-order valence-corrected chi connectivity index (χ2v) is 5.94. The molecular weight excluding hydrogens is 343 g/mol. The van der Waals surface area contributed by atoms with Gasteiger partial charge in [-0.2, -0.15) is 0 Å². The Bertz CT molecular complexity index is 620. The maximum absolute atomic E-state index is 12.2. The van der Waals surface area contributed by atoms with Gasteiger partial charge in [0.1, 0.15) is 0 Å². The lowest BCUT2D eigenvalue weighted by Gasteiger charge is -2.20. The maximum atomic E-state index is 12.2. The van der Waals surface area contributed by atoms with Crippen LogP contribution >= 0.6 is 24.0 Å². The van der Waals surface area contributed by atoms with Crippen LogP contribution in [0.25, 0.3) is 0 Å². The molecule has 1 unspecified atom stereocenters. The average molecular weight is 367 g/mol. The van der Waals surface area contributed by atoms with E-state index in [4.69, 9.17) is 11.6 Å². The van der Waals surface area contributed by atoms with Crippen LogP contribution in [0.5, 0.6) is 0 Å². The van der Waals surface area contributed by atoms with Crippen LogP contribution in [0, 0.1) is 0 Å². The summed E-state index contributed by atoms with van der Waals surface area (Å²) in [6.45, 7) is 0.841. The number of rotatable bonds is 8. The van der Waals surface area contributed by atoms with Gasteiger partial charge in [0.2, 0.25) is 5.91 Å². The minimum Gasteiger partial charge on any atom is -0.349 e. The zero-order valence-electron chi connectivity index (χ0n) is 13.8. The van der Waals surface area contributed by atoms with Crippen molar-refractivity contribution in [1.29, 1.82) is 0 Å². The smallest absolute Gasteiger partial charge is 0.220 e. The molecule has 2 aromatic rings. The van der Waals surface area contributed by atoms with E-state index in [1.807, 2.05) is 61.6 Å². The maximum Gasteiger partial charge on any atom is 0.220 e. The van der Waals surface area contributed by atoms with E-state index >= 15 is 0 Å². The Morgan fingerprint density at radius 3 is 2.42 bits per heavy atom. The fraction of sp³-hybridized carbons (Fsp3) is 0.316. The first-order valence-corrected chi connectivity index (χ1v) is 8.31. The van der Waals surface area contributed by atoms with Gasteiger partial charge in [-0.15, -0.1) is 12.4 Å². The third kappa shape index (κ3) is 6.52. The third-order valence-corrected chi connectivity index (χ3v) is 4.12. The van der Waals surface area contributed by atoms with Crippen LogP contribution < -0.4 is 10.6 Å². The van der Waals surface area contributed by atoms with Gasteiger partial charge in [-0.3, -0.25) is 4.79 Å². The third-order valence-electron chi connectivity index (χ3n) is 3.75. The van der Waals surface area contributed by atoms with Crippen molar-refractivity contribution in [3.63, 3.8) is 0 Å². The lowest BCUT2D eigenvalue weighted by atomic mass is 9.98. The van der Waals surface area contributed by atoms with Crippen LogP contribution in [0.2, 0.25) is 5.02 Å². The standard InChI is InChI=1S/C19H23ClN2O.ClH/c1-21-13-7-12-19(23)22-18(15-8-3-2-4-9-15)14-16-10-5-6-11-17(16)20;/h2-6,8-11,18,21H,7,12-14H2,1H3,(H,22,23);1H. The quantitative estimate of drug-likeness (QED) is 0.688. The normalized spacial score (nSPS) is 11.4. The molecule has 1 amide bonds. The van der Waals surface area contributed by atoms with Crippen LogP contribution in [-0.4, -0.2) is 19.5 Å². The summed E-state index contributed by atoms with van der Waals surface area (Å²) in [5.41, 5.74) is 2.13. The van der Waals surface area contributed by atoms with Gasteiger partial charge in [-0.25, -0.2) is 0 Å². The summed E-state index contributed by atoms with van der Waals surface area (Å²) < 4.78 is 0. The molecule has 24 heavy (non-hydrogen) atoms. The average Bonchev–Trinajstić information content (AvgIpc) is 2.57. The Morgan fingerprint density at radius 2 is 1.75 bits per heavy atom. The number of amides is 1. The minimum absolute atomic E-state index is 0. The van der Waals surface area contributed by atoms with Crippen molar-refractivity contribution in [2.75, 3.05) is 13.6 Å². The van der Waals surface area contributed by atoms with Crippen molar-refractivity contribution < 1.29 is 4.79 Å². The second kappa shape index (κ2) is 11.1. The number of halogens is 2. The summed E-state index contributed by atoms with van der Waals surface area (Å²) >= 11 is 6.27. The number of hydrogen-bond acceptors (Lipinski definition) is 2. The van der Waals surface area contributed by atoms with Crippen molar-refractivity contribution in [3.8, 4) is 0 Å². The van der Waals surface area contributed by atoms with Gasteiger partial charge in [0.05, 0.1) is 6.04 Å². The van der Waals surface area contributed by atoms with Crippen LogP contribution in [0.15, 0.2) is 54.6 Å². The highest BCUT2D eigenvalue weighted by molar-refractivity contribution is 6.31. The van der Waals surface area contributed by atoms with E-state index in [0.717, 1.165) is 29.1 Å². The van der Waals surface area contributed by atoms with Gasteiger partial charge < -0.3 is 10.6 Å². The molecule has 1 atom stereocenters. The molecular formula is C19H24Cl2N2O. The lowest BCUT2D eigenvalue weighted by molar-refractivity contribution is -0.121.